The molecular formula is C19H16ClN3O4S. The molecule has 2 heterocycles. The van der Waals surface area contributed by atoms with Gasteiger partial charge < -0.3 is 4.74 Å². The molecule has 1 unspecified atom stereocenters. The van der Waals surface area contributed by atoms with Crippen molar-refractivity contribution in [3.05, 3.63) is 63.2 Å². The fourth-order valence-corrected chi connectivity index (χ4v) is 4.44. The number of ether oxygens (including phenoxy) is 1. The van der Waals surface area contributed by atoms with Crippen LogP contribution in [-0.4, -0.2) is 35.1 Å². The van der Waals surface area contributed by atoms with E-state index in [0.717, 1.165) is 17.5 Å². The molecule has 0 spiro atoms. The van der Waals surface area contributed by atoms with Gasteiger partial charge in [-0.15, -0.1) is 0 Å². The van der Waals surface area contributed by atoms with E-state index in [1.807, 2.05) is 12.1 Å². The van der Waals surface area contributed by atoms with E-state index < -0.39 is 4.92 Å². The van der Waals surface area contributed by atoms with Gasteiger partial charge in [-0.05, 0) is 31.0 Å². The van der Waals surface area contributed by atoms with Crippen molar-refractivity contribution in [1.29, 1.82) is 0 Å². The summed E-state index contributed by atoms with van der Waals surface area (Å²) in [6, 6.07) is 11.2. The zero-order chi connectivity index (χ0) is 19.7. The van der Waals surface area contributed by atoms with E-state index in [4.69, 9.17) is 16.3 Å². The number of carbonyl (C=O) groups is 1. The van der Waals surface area contributed by atoms with Gasteiger partial charge in [0.2, 0.25) is 0 Å². The number of nitro benzene ring substituents is 1. The minimum Gasteiger partial charge on any atom is -0.376 e. The molecule has 0 aliphatic carbocycles. The highest BCUT2D eigenvalue weighted by atomic mass is 35.5. The van der Waals surface area contributed by atoms with E-state index in [-0.39, 0.29) is 23.3 Å². The number of halogens is 1. The minimum atomic E-state index is -0.515. The highest BCUT2D eigenvalue weighted by molar-refractivity contribution is 7.22. The van der Waals surface area contributed by atoms with E-state index in [1.165, 1.54) is 34.4 Å². The maximum absolute atomic E-state index is 13.3. The number of benzene rings is 2. The Balaban J connectivity index is 1.73. The topological polar surface area (TPSA) is 85.6 Å². The first-order valence-electron chi connectivity index (χ1n) is 8.76. The van der Waals surface area contributed by atoms with Gasteiger partial charge in [0, 0.05) is 24.3 Å². The zero-order valence-electron chi connectivity index (χ0n) is 14.7. The molecule has 7 nitrogen and oxygen atoms in total. The summed E-state index contributed by atoms with van der Waals surface area (Å²) in [5.41, 5.74) is 0.737. The molecule has 1 fully saturated rings. The Hall–Kier alpha value is -2.55. The van der Waals surface area contributed by atoms with E-state index in [1.54, 1.807) is 12.1 Å². The molecule has 4 rings (SSSR count). The van der Waals surface area contributed by atoms with Crippen molar-refractivity contribution in [1.82, 2.24) is 4.98 Å². The highest BCUT2D eigenvalue weighted by Gasteiger charge is 2.28. The third-order valence-corrected chi connectivity index (χ3v) is 5.90. The lowest BCUT2D eigenvalue weighted by Crippen LogP contribution is -2.37. The lowest BCUT2D eigenvalue weighted by molar-refractivity contribution is -0.384. The average Bonchev–Trinajstić information content (AvgIpc) is 3.36. The highest BCUT2D eigenvalue weighted by Crippen LogP contribution is 2.34. The molecule has 28 heavy (non-hydrogen) atoms. The van der Waals surface area contributed by atoms with Crippen LogP contribution in [0.2, 0.25) is 5.02 Å². The van der Waals surface area contributed by atoms with Crippen LogP contribution >= 0.6 is 22.9 Å². The quantitative estimate of drug-likeness (QED) is 0.444. The molecule has 1 aliphatic heterocycles. The Kier molecular flexibility index (Phi) is 5.25. The van der Waals surface area contributed by atoms with Crippen LogP contribution in [0.1, 0.15) is 23.2 Å². The number of amides is 1. The Bertz CT molecular complexity index is 1050. The fraction of sp³-hybridized carbons (Fsp3) is 0.263. The first kappa shape index (κ1) is 18.8. The molecule has 0 saturated carbocycles. The number of hydrogen-bond donors (Lipinski definition) is 0. The first-order chi connectivity index (χ1) is 13.5. The van der Waals surface area contributed by atoms with Crippen molar-refractivity contribution >= 4 is 49.9 Å². The van der Waals surface area contributed by atoms with E-state index >= 15 is 0 Å². The molecule has 0 bridgehead atoms. The maximum Gasteiger partial charge on any atom is 0.270 e. The van der Waals surface area contributed by atoms with Gasteiger partial charge in [0.05, 0.1) is 27.3 Å². The van der Waals surface area contributed by atoms with Crippen LogP contribution in [0.25, 0.3) is 10.2 Å². The van der Waals surface area contributed by atoms with Gasteiger partial charge in [-0.3, -0.25) is 19.8 Å². The van der Waals surface area contributed by atoms with Gasteiger partial charge in [0.25, 0.3) is 11.6 Å². The van der Waals surface area contributed by atoms with Crippen LogP contribution in [0.4, 0.5) is 10.8 Å². The Morgan fingerprint density at radius 2 is 2.18 bits per heavy atom. The van der Waals surface area contributed by atoms with Gasteiger partial charge in [-0.1, -0.05) is 35.1 Å². The molecule has 1 amide bonds. The second kappa shape index (κ2) is 7.83. The molecule has 9 heteroatoms. The van der Waals surface area contributed by atoms with Crippen molar-refractivity contribution in [3.63, 3.8) is 0 Å². The predicted octanol–water partition coefficient (Wildman–Crippen LogP) is 4.68. The molecule has 2 aromatic carbocycles. The second-order valence-corrected chi connectivity index (χ2v) is 7.86. The zero-order valence-corrected chi connectivity index (χ0v) is 16.3. The third kappa shape index (κ3) is 3.71. The number of fused-ring (bicyclic) bond motifs is 1. The molecule has 1 aliphatic rings. The van der Waals surface area contributed by atoms with Gasteiger partial charge >= 0.3 is 0 Å². The summed E-state index contributed by atoms with van der Waals surface area (Å²) in [5.74, 6) is -0.352. The summed E-state index contributed by atoms with van der Waals surface area (Å²) >= 11 is 7.60. The number of nitrogens with zero attached hydrogens (tertiary/aromatic N) is 3. The van der Waals surface area contributed by atoms with Crippen LogP contribution in [0.15, 0.2) is 42.5 Å². The van der Waals surface area contributed by atoms with Crippen LogP contribution in [0, 0.1) is 10.1 Å². The van der Waals surface area contributed by atoms with Gasteiger partial charge in [-0.25, -0.2) is 4.98 Å². The van der Waals surface area contributed by atoms with Gasteiger partial charge in [0.1, 0.15) is 5.52 Å². The smallest absolute Gasteiger partial charge is 0.270 e. The van der Waals surface area contributed by atoms with Gasteiger partial charge in [-0.2, -0.15) is 0 Å². The molecule has 1 atom stereocenters. The molecule has 1 saturated heterocycles. The largest absolute Gasteiger partial charge is 0.376 e. The summed E-state index contributed by atoms with van der Waals surface area (Å²) < 4.78 is 6.57. The summed E-state index contributed by atoms with van der Waals surface area (Å²) in [6.07, 6.45) is 1.70. The number of thiazole rings is 1. The maximum atomic E-state index is 13.3. The van der Waals surface area contributed by atoms with Crippen LogP contribution in [0.3, 0.4) is 0 Å². The number of aromatic nitrogens is 1. The van der Waals surface area contributed by atoms with E-state index in [2.05, 4.69) is 4.98 Å². The summed E-state index contributed by atoms with van der Waals surface area (Å²) in [4.78, 5) is 29.9. The number of carbonyl (C=O) groups excluding carboxylic acids is 1. The van der Waals surface area contributed by atoms with E-state index in [9.17, 15) is 14.9 Å². The molecule has 144 valence electrons. The average molecular weight is 418 g/mol. The van der Waals surface area contributed by atoms with Gasteiger partial charge in [0.15, 0.2) is 5.13 Å². The number of non-ortho nitro benzene ring substituents is 1. The predicted molar refractivity (Wildman–Crippen MR) is 108 cm³/mol. The Labute approximate surface area is 169 Å². The number of para-hydroxylation sites is 1. The SMILES string of the molecule is O=C(c1cccc([N+](=O)[O-])c1)N(CC1CCCO1)c1nc2c(Cl)cccc2s1. The number of hydrogen-bond acceptors (Lipinski definition) is 6. The van der Waals surface area contributed by atoms with Crippen molar-refractivity contribution in [3.8, 4) is 0 Å². The van der Waals surface area contributed by atoms with E-state index in [0.29, 0.717) is 28.8 Å². The summed E-state index contributed by atoms with van der Waals surface area (Å²) in [6.45, 7) is 0.994. The number of anilines is 1. The van der Waals surface area contributed by atoms with Crippen LogP contribution in [0.5, 0.6) is 0 Å². The molecule has 3 aromatic rings. The monoisotopic (exact) mass is 417 g/mol. The molecule has 1 aromatic heterocycles. The van der Waals surface area contributed by atoms with Crippen LogP contribution < -0.4 is 4.90 Å². The summed E-state index contributed by atoms with van der Waals surface area (Å²) in [7, 11) is 0. The Morgan fingerprint density at radius 1 is 1.36 bits per heavy atom. The molecule has 0 N–H and O–H groups in total. The normalized spacial score (nSPS) is 16.4. The third-order valence-electron chi connectivity index (χ3n) is 4.55. The second-order valence-electron chi connectivity index (χ2n) is 6.44. The van der Waals surface area contributed by atoms with Crippen molar-refractivity contribution in [2.45, 2.75) is 18.9 Å². The standard InChI is InChI=1S/C19H16ClN3O4S/c20-15-7-2-8-16-17(15)21-19(28-16)22(11-14-6-3-9-27-14)18(24)12-4-1-5-13(10-12)23(25)26/h1-2,4-5,7-8,10,14H,3,6,9,11H2. The Morgan fingerprint density at radius 3 is 2.89 bits per heavy atom. The molecular weight excluding hydrogens is 402 g/mol. The lowest BCUT2D eigenvalue weighted by Gasteiger charge is -2.23. The van der Waals surface area contributed by atoms with Crippen LogP contribution in [-0.2, 0) is 4.74 Å². The summed E-state index contributed by atoms with van der Waals surface area (Å²) in [5, 5.41) is 12.1. The number of nitro groups is 1. The first-order valence-corrected chi connectivity index (χ1v) is 9.95. The number of rotatable bonds is 5. The van der Waals surface area contributed by atoms with Crippen molar-refractivity contribution in [2.75, 3.05) is 18.1 Å². The fourth-order valence-electron chi connectivity index (χ4n) is 3.17. The minimum absolute atomic E-state index is 0.0925. The molecule has 0 radical (unpaired) electrons. The van der Waals surface area contributed by atoms with Crippen molar-refractivity contribution in [2.24, 2.45) is 0 Å². The lowest BCUT2D eigenvalue weighted by atomic mass is 10.1. The van der Waals surface area contributed by atoms with Crippen molar-refractivity contribution < 1.29 is 14.5 Å².